The van der Waals surface area contributed by atoms with Gasteiger partial charge in [-0.1, -0.05) is 22.0 Å². The van der Waals surface area contributed by atoms with Crippen LogP contribution in [0, 0.1) is 12.7 Å². The van der Waals surface area contributed by atoms with Gasteiger partial charge in [-0.05, 0) is 66.4 Å². The number of sulfone groups is 1. The number of hydrogen-bond donors (Lipinski definition) is 1. The van der Waals surface area contributed by atoms with E-state index in [9.17, 15) is 17.6 Å². The van der Waals surface area contributed by atoms with E-state index in [0.29, 0.717) is 10.4 Å². The standard InChI is InChI=1S/C20H17BrFNO3S2/c1-13-11-16(8-9-17(13)22)28(25,26)19(18-3-2-10-27-18)12-23-20(24)14-4-6-15(21)7-5-14/h2-11,19H,12H2,1H3,(H,23,24)/t19-/m0/s1. The van der Waals surface area contributed by atoms with E-state index in [4.69, 9.17) is 0 Å². The molecule has 0 fully saturated rings. The SMILES string of the molecule is Cc1cc(S(=O)(=O)[C@@H](CNC(=O)c2ccc(Br)cc2)c2cccs2)ccc1F. The van der Waals surface area contributed by atoms with Crippen LogP contribution in [0.5, 0.6) is 0 Å². The summed E-state index contributed by atoms with van der Waals surface area (Å²) in [7, 11) is -3.83. The van der Waals surface area contributed by atoms with Crippen molar-refractivity contribution in [1.82, 2.24) is 5.32 Å². The van der Waals surface area contributed by atoms with E-state index >= 15 is 0 Å². The lowest BCUT2D eigenvalue weighted by atomic mass is 10.2. The van der Waals surface area contributed by atoms with Crippen molar-refractivity contribution < 1.29 is 17.6 Å². The minimum Gasteiger partial charge on any atom is -0.350 e. The number of carbonyl (C=O) groups is 1. The molecule has 0 saturated carbocycles. The topological polar surface area (TPSA) is 63.2 Å². The van der Waals surface area contributed by atoms with Crippen molar-refractivity contribution in [2.75, 3.05) is 6.54 Å². The Morgan fingerprint density at radius 2 is 1.89 bits per heavy atom. The van der Waals surface area contributed by atoms with Crippen molar-refractivity contribution in [3.8, 4) is 0 Å². The lowest BCUT2D eigenvalue weighted by Crippen LogP contribution is -2.31. The Bertz CT molecular complexity index is 1080. The molecule has 0 aliphatic carbocycles. The van der Waals surface area contributed by atoms with Crippen LogP contribution in [-0.4, -0.2) is 20.9 Å². The van der Waals surface area contributed by atoms with Crippen LogP contribution in [0.25, 0.3) is 0 Å². The van der Waals surface area contributed by atoms with E-state index in [2.05, 4.69) is 21.2 Å². The largest absolute Gasteiger partial charge is 0.350 e. The fourth-order valence-electron chi connectivity index (χ4n) is 2.68. The Hall–Kier alpha value is -2.03. The molecule has 3 aromatic rings. The number of amides is 1. The Morgan fingerprint density at radius 1 is 1.18 bits per heavy atom. The van der Waals surface area contributed by atoms with Gasteiger partial charge in [0.25, 0.3) is 5.91 Å². The molecule has 8 heteroatoms. The molecule has 0 aliphatic heterocycles. The minimum atomic E-state index is -3.83. The number of rotatable bonds is 6. The summed E-state index contributed by atoms with van der Waals surface area (Å²) in [5, 5.41) is 3.53. The van der Waals surface area contributed by atoms with Gasteiger partial charge < -0.3 is 5.32 Å². The van der Waals surface area contributed by atoms with Gasteiger partial charge in [-0.2, -0.15) is 0 Å². The Kier molecular flexibility index (Phi) is 6.32. The fraction of sp³-hybridized carbons (Fsp3) is 0.150. The summed E-state index contributed by atoms with van der Waals surface area (Å²) in [6.07, 6.45) is 0. The fourth-order valence-corrected chi connectivity index (χ4v) is 5.82. The molecule has 1 N–H and O–H groups in total. The van der Waals surface area contributed by atoms with Gasteiger partial charge in [0.15, 0.2) is 9.84 Å². The quantitative estimate of drug-likeness (QED) is 0.509. The average molecular weight is 482 g/mol. The highest BCUT2D eigenvalue weighted by Gasteiger charge is 2.31. The third-order valence-electron chi connectivity index (χ3n) is 4.25. The van der Waals surface area contributed by atoms with Gasteiger partial charge in [-0.3, -0.25) is 4.79 Å². The monoisotopic (exact) mass is 481 g/mol. The van der Waals surface area contributed by atoms with Crippen LogP contribution in [0.2, 0.25) is 0 Å². The van der Waals surface area contributed by atoms with E-state index in [1.165, 1.54) is 30.4 Å². The molecule has 0 radical (unpaired) electrons. The maximum absolute atomic E-state index is 13.6. The van der Waals surface area contributed by atoms with Crippen LogP contribution in [-0.2, 0) is 9.84 Å². The molecule has 146 valence electrons. The van der Waals surface area contributed by atoms with Crippen LogP contribution in [0.1, 0.15) is 26.0 Å². The van der Waals surface area contributed by atoms with Crippen molar-refractivity contribution in [2.45, 2.75) is 17.1 Å². The molecular weight excluding hydrogens is 465 g/mol. The number of hydrogen-bond acceptors (Lipinski definition) is 4. The summed E-state index contributed by atoms with van der Waals surface area (Å²) < 4.78 is 40.9. The van der Waals surface area contributed by atoms with E-state index < -0.39 is 20.9 Å². The second-order valence-electron chi connectivity index (χ2n) is 6.18. The number of aryl methyl sites for hydroxylation is 1. The molecule has 3 rings (SSSR count). The molecule has 0 spiro atoms. The lowest BCUT2D eigenvalue weighted by molar-refractivity contribution is 0.0953. The molecule has 28 heavy (non-hydrogen) atoms. The number of thiophene rings is 1. The van der Waals surface area contributed by atoms with Gasteiger partial charge in [-0.15, -0.1) is 11.3 Å². The van der Waals surface area contributed by atoms with Crippen LogP contribution in [0.3, 0.4) is 0 Å². The molecule has 0 saturated heterocycles. The van der Waals surface area contributed by atoms with Crippen molar-refractivity contribution in [2.24, 2.45) is 0 Å². The highest BCUT2D eigenvalue weighted by molar-refractivity contribution is 9.10. The predicted octanol–water partition coefficient (Wildman–Crippen LogP) is 4.90. The van der Waals surface area contributed by atoms with Crippen LogP contribution >= 0.6 is 27.3 Å². The number of carbonyl (C=O) groups excluding carboxylic acids is 1. The van der Waals surface area contributed by atoms with Crippen molar-refractivity contribution in [3.05, 3.63) is 86.3 Å². The van der Waals surface area contributed by atoms with Crippen molar-refractivity contribution in [3.63, 3.8) is 0 Å². The first-order valence-electron chi connectivity index (χ1n) is 8.36. The van der Waals surface area contributed by atoms with Gasteiger partial charge in [-0.25, -0.2) is 12.8 Å². The first-order valence-corrected chi connectivity index (χ1v) is 11.6. The van der Waals surface area contributed by atoms with Gasteiger partial charge in [0.1, 0.15) is 11.1 Å². The van der Waals surface area contributed by atoms with Gasteiger partial charge in [0.05, 0.1) is 4.90 Å². The van der Waals surface area contributed by atoms with Gasteiger partial charge in [0, 0.05) is 21.5 Å². The normalized spacial score (nSPS) is 12.5. The first kappa shape index (κ1) is 20.7. The highest BCUT2D eigenvalue weighted by atomic mass is 79.9. The Balaban J connectivity index is 1.88. The lowest BCUT2D eigenvalue weighted by Gasteiger charge is -2.18. The number of benzene rings is 2. The van der Waals surface area contributed by atoms with E-state index in [1.54, 1.807) is 41.8 Å². The molecule has 2 aromatic carbocycles. The van der Waals surface area contributed by atoms with Crippen LogP contribution in [0.15, 0.2) is 69.3 Å². The van der Waals surface area contributed by atoms with E-state index in [1.807, 2.05) is 0 Å². The molecular formula is C20H17BrFNO3S2. The second-order valence-corrected chi connectivity index (χ2v) is 10.2. The highest BCUT2D eigenvalue weighted by Crippen LogP contribution is 2.32. The second kappa shape index (κ2) is 8.55. The Labute approximate surface area is 175 Å². The summed E-state index contributed by atoms with van der Waals surface area (Å²) in [5.74, 6) is -0.824. The van der Waals surface area contributed by atoms with E-state index in [-0.39, 0.29) is 22.9 Å². The maximum atomic E-state index is 13.6. The minimum absolute atomic E-state index is 0.0303. The third-order valence-corrected chi connectivity index (χ3v) is 7.99. The molecule has 1 heterocycles. The van der Waals surface area contributed by atoms with Crippen LogP contribution in [0.4, 0.5) is 4.39 Å². The van der Waals surface area contributed by atoms with Crippen LogP contribution < -0.4 is 5.32 Å². The Morgan fingerprint density at radius 3 is 2.50 bits per heavy atom. The maximum Gasteiger partial charge on any atom is 0.251 e. The zero-order valence-electron chi connectivity index (χ0n) is 14.9. The van der Waals surface area contributed by atoms with Gasteiger partial charge >= 0.3 is 0 Å². The summed E-state index contributed by atoms with van der Waals surface area (Å²) in [6.45, 7) is 1.43. The predicted molar refractivity (Wildman–Crippen MR) is 112 cm³/mol. The zero-order valence-corrected chi connectivity index (χ0v) is 18.1. The van der Waals surface area contributed by atoms with Crippen molar-refractivity contribution >= 4 is 43.0 Å². The third kappa shape index (κ3) is 4.51. The molecule has 0 unspecified atom stereocenters. The molecule has 1 aromatic heterocycles. The summed E-state index contributed by atoms with van der Waals surface area (Å²) in [4.78, 5) is 13.1. The summed E-state index contributed by atoms with van der Waals surface area (Å²) in [5.41, 5.74) is 0.688. The molecule has 0 bridgehead atoms. The average Bonchev–Trinajstić information content (AvgIpc) is 3.18. The van der Waals surface area contributed by atoms with E-state index in [0.717, 1.165) is 10.5 Å². The summed E-state index contributed by atoms with van der Waals surface area (Å²) >= 11 is 4.61. The first-order chi connectivity index (χ1) is 13.3. The molecule has 0 aliphatic rings. The molecule has 1 amide bonds. The number of nitrogens with one attached hydrogen (secondary N) is 1. The van der Waals surface area contributed by atoms with Crippen molar-refractivity contribution in [1.29, 1.82) is 0 Å². The summed E-state index contributed by atoms with van der Waals surface area (Å²) in [6, 6.07) is 14.0. The number of halogens is 2. The van der Waals surface area contributed by atoms with Gasteiger partial charge in [0.2, 0.25) is 0 Å². The molecule has 4 nitrogen and oxygen atoms in total. The zero-order chi connectivity index (χ0) is 20.3. The smallest absolute Gasteiger partial charge is 0.251 e. The molecule has 1 atom stereocenters.